The van der Waals surface area contributed by atoms with Crippen molar-refractivity contribution < 1.29 is 9.13 Å². The van der Waals surface area contributed by atoms with Crippen molar-refractivity contribution in [3.05, 3.63) is 60.4 Å². The van der Waals surface area contributed by atoms with Gasteiger partial charge in [-0.15, -0.1) is 0 Å². The van der Waals surface area contributed by atoms with Crippen LogP contribution >= 0.6 is 0 Å². The zero-order valence-electron chi connectivity index (χ0n) is 12.9. The zero-order chi connectivity index (χ0) is 15.7. The molecule has 3 heteroatoms. The van der Waals surface area contributed by atoms with E-state index >= 15 is 0 Å². The molecule has 0 bridgehead atoms. The molecule has 0 N–H and O–H groups in total. The third-order valence-electron chi connectivity index (χ3n) is 3.21. The molecule has 3 aromatic rings. The molecule has 1 heterocycles. The summed E-state index contributed by atoms with van der Waals surface area (Å²) >= 11 is 0. The molecule has 112 valence electrons. The second kappa shape index (κ2) is 5.41. The number of aromatic nitrogens is 1. The molecular weight excluding hydrogens is 277 g/mol. The standard InChI is InChI=1S/C19H18FNO/c1-19(2,3)22-18-12-17(13-7-6-8-14(20)11-13)21-16-10-5-4-9-15(16)18/h4-12H,1-3H3. The molecule has 0 unspecified atom stereocenters. The lowest BCUT2D eigenvalue weighted by Crippen LogP contribution is -2.23. The van der Waals surface area contributed by atoms with Crippen LogP contribution in [0.4, 0.5) is 4.39 Å². The van der Waals surface area contributed by atoms with Crippen LogP contribution in [-0.2, 0) is 0 Å². The van der Waals surface area contributed by atoms with Gasteiger partial charge in [-0.3, -0.25) is 0 Å². The highest BCUT2D eigenvalue weighted by Crippen LogP contribution is 2.32. The maximum atomic E-state index is 13.5. The first-order chi connectivity index (χ1) is 10.4. The van der Waals surface area contributed by atoms with Gasteiger partial charge in [0.2, 0.25) is 0 Å². The number of hydrogen-bond donors (Lipinski definition) is 0. The molecule has 0 saturated carbocycles. The van der Waals surface area contributed by atoms with Crippen molar-refractivity contribution in [2.24, 2.45) is 0 Å². The number of pyridine rings is 1. The summed E-state index contributed by atoms with van der Waals surface area (Å²) in [7, 11) is 0. The lowest BCUT2D eigenvalue weighted by atomic mass is 10.1. The van der Waals surface area contributed by atoms with Crippen molar-refractivity contribution in [3.63, 3.8) is 0 Å². The van der Waals surface area contributed by atoms with Crippen LogP contribution in [0.3, 0.4) is 0 Å². The average Bonchev–Trinajstić information content (AvgIpc) is 2.45. The summed E-state index contributed by atoms with van der Waals surface area (Å²) in [4.78, 5) is 4.63. The van der Waals surface area contributed by atoms with E-state index < -0.39 is 0 Å². The molecule has 2 nitrogen and oxygen atoms in total. The summed E-state index contributed by atoms with van der Waals surface area (Å²) in [5, 5.41) is 0.956. The number of rotatable bonds is 2. The van der Waals surface area contributed by atoms with E-state index in [0.29, 0.717) is 5.69 Å². The van der Waals surface area contributed by atoms with Crippen LogP contribution in [0, 0.1) is 5.82 Å². The molecule has 22 heavy (non-hydrogen) atoms. The van der Waals surface area contributed by atoms with E-state index in [0.717, 1.165) is 22.2 Å². The highest BCUT2D eigenvalue weighted by Gasteiger charge is 2.16. The van der Waals surface area contributed by atoms with Gasteiger partial charge in [0.05, 0.1) is 11.2 Å². The fourth-order valence-electron chi connectivity index (χ4n) is 2.35. The number of halogens is 1. The van der Waals surface area contributed by atoms with E-state index in [1.54, 1.807) is 6.07 Å². The first-order valence-corrected chi connectivity index (χ1v) is 7.27. The molecule has 0 atom stereocenters. The molecular formula is C19H18FNO. The van der Waals surface area contributed by atoms with Crippen LogP contribution in [0.15, 0.2) is 54.6 Å². The highest BCUT2D eigenvalue weighted by atomic mass is 19.1. The molecule has 0 spiro atoms. The average molecular weight is 295 g/mol. The summed E-state index contributed by atoms with van der Waals surface area (Å²) in [5.41, 5.74) is 1.97. The predicted octanol–water partition coefficient (Wildman–Crippen LogP) is 5.22. The Morgan fingerprint density at radius 2 is 1.73 bits per heavy atom. The molecule has 0 saturated heterocycles. The summed E-state index contributed by atoms with van der Waals surface area (Å²) < 4.78 is 19.6. The van der Waals surface area contributed by atoms with Crippen molar-refractivity contribution in [3.8, 4) is 17.0 Å². The van der Waals surface area contributed by atoms with Crippen LogP contribution in [0.2, 0.25) is 0 Å². The quantitative estimate of drug-likeness (QED) is 0.646. The van der Waals surface area contributed by atoms with E-state index in [4.69, 9.17) is 4.74 Å². The van der Waals surface area contributed by atoms with Crippen LogP contribution in [0.5, 0.6) is 5.75 Å². The van der Waals surface area contributed by atoms with Gasteiger partial charge in [-0.1, -0.05) is 24.3 Å². The Morgan fingerprint density at radius 1 is 0.955 bits per heavy atom. The van der Waals surface area contributed by atoms with E-state index in [1.165, 1.54) is 12.1 Å². The van der Waals surface area contributed by atoms with Gasteiger partial charge in [0, 0.05) is 17.0 Å². The van der Waals surface area contributed by atoms with Crippen LogP contribution < -0.4 is 4.74 Å². The van der Waals surface area contributed by atoms with Gasteiger partial charge in [0.15, 0.2) is 0 Å². The fourth-order valence-corrected chi connectivity index (χ4v) is 2.35. The Labute approximate surface area is 129 Å². The van der Waals surface area contributed by atoms with Crippen molar-refractivity contribution in [1.29, 1.82) is 0 Å². The molecule has 0 radical (unpaired) electrons. The Hall–Kier alpha value is -2.42. The zero-order valence-corrected chi connectivity index (χ0v) is 12.9. The fraction of sp³-hybridized carbons (Fsp3) is 0.211. The lowest BCUT2D eigenvalue weighted by molar-refractivity contribution is 0.133. The maximum absolute atomic E-state index is 13.5. The molecule has 0 amide bonds. The number of para-hydroxylation sites is 1. The molecule has 0 fully saturated rings. The van der Waals surface area contributed by atoms with E-state index in [1.807, 2.05) is 57.2 Å². The van der Waals surface area contributed by atoms with E-state index in [2.05, 4.69) is 4.98 Å². The first-order valence-electron chi connectivity index (χ1n) is 7.27. The van der Waals surface area contributed by atoms with Gasteiger partial charge >= 0.3 is 0 Å². The Balaban J connectivity index is 2.20. The predicted molar refractivity (Wildman–Crippen MR) is 87.5 cm³/mol. The Bertz CT molecular complexity index is 821. The second-order valence-corrected chi connectivity index (χ2v) is 6.25. The number of nitrogens with zero attached hydrogens (tertiary/aromatic N) is 1. The van der Waals surface area contributed by atoms with Gasteiger partial charge in [-0.25, -0.2) is 9.37 Å². The van der Waals surface area contributed by atoms with Gasteiger partial charge in [0.25, 0.3) is 0 Å². The maximum Gasteiger partial charge on any atom is 0.131 e. The van der Waals surface area contributed by atoms with Crippen molar-refractivity contribution in [2.75, 3.05) is 0 Å². The monoisotopic (exact) mass is 295 g/mol. The highest BCUT2D eigenvalue weighted by molar-refractivity contribution is 5.87. The third kappa shape index (κ3) is 3.08. The minimum Gasteiger partial charge on any atom is -0.487 e. The summed E-state index contributed by atoms with van der Waals surface area (Å²) in [5.74, 6) is 0.489. The SMILES string of the molecule is CC(C)(C)Oc1cc(-c2cccc(F)c2)nc2ccccc12. The smallest absolute Gasteiger partial charge is 0.131 e. The largest absolute Gasteiger partial charge is 0.487 e. The van der Waals surface area contributed by atoms with Gasteiger partial charge in [-0.05, 0) is 45.0 Å². The normalized spacial score (nSPS) is 11.6. The topological polar surface area (TPSA) is 22.1 Å². The van der Waals surface area contributed by atoms with Crippen molar-refractivity contribution in [1.82, 2.24) is 4.98 Å². The molecule has 0 aliphatic rings. The molecule has 0 aliphatic heterocycles. The summed E-state index contributed by atoms with van der Waals surface area (Å²) in [6, 6.07) is 16.1. The van der Waals surface area contributed by atoms with Gasteiger partial charge < -0.3 is 4.74 Å². The minimum atomic E-state index is -0.316. The first kappa shape index (κ1) is 14.5. The Morgan fingerprint density at radius 3 is 2.45 bits per heavy atom. The van der Waals surface area contributed by atoms with Gasteiger partial charge in [-0.2, -0.15) is 0 Å². The minimum absolute atomic E-state index is 0.272. The molecule has 2 aromatic carbocycles. The Kier molecular flexibility index (Phi) is 3.57. The number of hydrogen-bond acceptors (Lipinski definition) is 2. The molecule has 3 rings (SSSR count). The van der Waals surface area contributed by atoms with Gasteiger partial charge in [0.1, 0.15) is 17.2 Å². The van der Waals surface area contributed by atoms with Crippen molar-refractivity contribution >= 4 is 10.9 Å². The van der Waals surface area contributed by atoms with Crippen LogP contribution in [0.25, 0.3) is 22.2 Å². The van der Waals surface area contributed by atoms with E-state index in [-0.39, 0.29) is 11.4 Å². The second-order valence-electron chi connectivity index (χ2n) is 6.25. The molecule has 0 aliphatic carbocycles. The number of fused-ring (bicyclic) bond motifs is 1. The molecule has 1 aromatic heterocycles. The van der Waals surface area contributed by atoms with E-state index in [9.17, 15) is 4.39 Å². The lowest BCUT2D eigenvalue weighted by Gasteiger charge is -2.23. The third-order valence-corrected chi connectivity index (χ3v) is 3.21. The van der Waals surface area contributed by atoms with Crippen LogP contribution in [-0.4, -0.2) is 10.6 Å². The number of ether oxygens (including phenoxy) is 1. The summed E-state index contributed by atoms with van der Waals surface area (Å²) in [6.45, 7) is 6.01. The number of benzene rings is 2. The van der Waals surface area contributed by atoms with Crippen LogP contribution in [0.1, 0.15) is 20.8 Å². The van der Waals surface area contributed by atoms with Crippen molar-refractivity contribution in [2.45, 2.75) is 26.4 Å². The summed E-state index contributed by atoms with van der Waals surface area (Å²) in [6.07, 6.45) is 0.